The zero-order valence-corrected chi connectivity index (χ0v) is 57.2. The fourth-order valence-corrected chi connectivity index (χ4v) is 10.00. The van der Waals surface area contributed by atoms with Crippen molar-refractivity contribution in [1.29, 1.82) is 0 Å². The molecule has 0 aromatic heterocycles. The number of carboxylic acid groups (broad SMARTS) is 1. The minimum Gasteiger partial charge on any atom is -0.481 e. The smallest absolute Gasteiger partial charge is 0.408 e. The highest BCUT2D eigenvalue weighted by Gasteiger charge is 2.38. The first kappa shape index (κ1) is 80.9. The predicted octanol–water partition coefficient (Wildman–Crippen LogP) is 4.89. The van der Waals surface area contributed by atoms with E-state index in [0.717, 1.165) is 10.5 Å². The minimum absolute atomic E-state index is 0.0726. The van der Waals surface area contributed by atoms with E-state index >= 15 is 0 Å². The van der Waals surface area contributed by atoms with E-state index < -0.39 is 166 Å². The van der Waals surface area contributed by atoms with Crippen molar-refractivity contribution in [2.45, 2.75) is 208 Å². The molecule has 516 valence electrons. The van der Waals surface area contributed by atoms with Crippen LogP contribution in [-0.2, 0) is 84.6 Å². The third-order valence-corrected chi connectivity index (χ3v) is 15.5. The highest BCUT2D eigenvalue weighted by molar-refractivity contribution is 5.99. The van der Waals surface area contributed by atoms with Crippen LogP contribution in [-0.4, -0.2) is 184 Å². The van der Waals surface area contributed by atoms with Crippen LogP contribution >= 0.6 is 0 Å². The molecule has 0 radical (unpaired) electrons. The lowest BCUT2D eigenvalue weighted by Crippen LogP contribution is -2.57. The van der Waals surface area contributed by atoms with Crippen LogP contribution in [0.5, 0.6) is 0 Å². The summed E-state index contributed by atoms with van der Waals surface area (Å²) < 4.78 is 10.9. The Kier molecular flexibility index (Phi) is 33.1. The minimum atomic E-state index is -1.76. The molecule has 0 heterocycles. The van der Waals surface area contributed by atoms with E-state index in [2.05, 4.69) is 21.3 Å². The SMILES string of the molecule is CC(C)C[C@@H](C(=O)C[C@@H](C)C(=O)N[C@H](C(=O)C[C@@H](Cc1ccccc1)C(=O)N[C@@H](CC(=O)O)C(=O)N(C)[C@@H](C)C(=O)N[C@@H](COC(C)(C)C)C(=O)CCC(N)=O)C(C)C)N(C)C(=O)CCC(=O)[C@H](Cc1ccccc1)N(C)C(=O)[C@H](C)CC(=O)CNC(=O)OC(C)(C)C. The lowest BCUT2D eigenvalue weighted by molar-refractivity contribution is -0.146. The fraction of sp³-hybridized carbons (Fsp3) is 0.618. The first-order chi connectivity index (χ1) is 43.1. The van der Waals surface area contributed by atoms with Crippen LogP contribution in [0.25, 0.3) is 0 Å². The number of likely N-dealkylation sites (N-methyl/N-ethyl adjacent to an activating group) is 3. The molecule has 2 rings (SSSR count). The van der Waals surface area contributed by atoms with E-state index in [1.165, 1.54) is 44.8 Å². The summed E-state index contributed by atoms with van der Waals surface area (Å²) in [7, 11) is 4.09. The number of amides is 8. The summed E-state index contributed by atoms with van der Waals surface area (Å²) >= 11 is 0. The van der Waals surface area contributed by atoms with Gasteiger partial charge in [-0.1, -0.05) is 102 Å². The van der Waals surface area contributed by atoms with Crippen molar-refractivity contribution in [1.82, 2.24) is 36.0 Å². The van der Waals surface area contributed by atoms with E-state index in [1.54, 1.807) is 123 Å². The van der Waals surface area contributed by atoms with E-state index in [0.29, 0.717) is 5.56 Å². The molecular weight excluding hydrogens is 1200 g/mol. The molecule has 0 aliphatic rings. The zero-order chi connectivity index (χ0) is 70.8. The summed E-state index contributed by atoms with van der Waals surface area (Å²) in [6, 6.07) is 9.84. The van der Waals surface area contributed by atoms with Gasteiger partial charge in [0.05, 0.1) is 43.3 Å². The second kappa shape index (κ2) is 38.1. The molecule has 0 fully saturated rings. The average Bonchev–Trinajstić information content (AvgIpc) is 1.17. The lowest BCUT2D eigenvalue weighted by Gasteiger charge is -2.31. The van der Waals surface area contributed by atoms with Crippen LogP contribution in [0.4, 0.5) is 4.79 Å². The predicted molar refractivity (Wildman–Crippen MR) is 346 cm³/mol. The van der Waals surface area contributed by atoms with Crippen LogP contribution in [0, 0.1) is 29.6 Å². The fourth-order valence-electron chi connectivity index (χ4n) is 10.00. The molecule has 9 atom stereocenters. The van der Waals surface area contributed by atoms with Crippen molar-refractivity contribution in [2.75, 3.05) is 34.3 Å². The molecule has 25 nitrogen and oxygen atoms in total. The number of carboxylic acids is 1. The first-order valence-corrected chi connectivity index (χ1v) is 31.6. The Bertz CT molecular complexity index is 2920. The number of ketones is 5. The number of carbonyl (C=O) groups excluding carboxylic acids is 13. The van der Waals surface area contributed by atoms with Gasteiger partial charge in [0.15, 0.2) is 28.9 Å². The van der Waals surface area contributed by atoms with Gasteiger partial charge in [0, 0.05) is 83.8 Å². The highest BCUT2D eigenvalue weighted by Crippen LogP contribution is 2.23. The van der Waals surface area contributed by atoms with Gasteiger partial charge in [0.2, 0.25) is 41.4 Å². The van der Waals surface area contributed by atoms with Crippen molar-refractivity contribution in [3.05, 3.63) is 71.8 Å². The lowest BCUT2D eigenvalue weighted by atomic mass is 9.87. The largest absolute Gasteiger partial charge is 0.481 e. The van der Waals surface area contributed by atoms with Crippen molar-refractivity contribution in [3.63, 3.8) is 0 Å². The quantitative estimate of drug-likeness (QED) is 0.0517. The second-order valence-corrected chi connectivity index (χ2v) is 26.8. The summed E-state index contributed by atoms with van der Waals surface area (Å²) in [4.78, 5) is 192. The first-order valence-electron chi connectivity index (χ1n) is 31.6. The summed E-state index contributed by atoms with van der Waals surface area (Å²) in [6.07, 6.45) is -3.87. The molecule has 0 aliphatic heterocycles. The molecule has 7 N–H and O–H groups in total. The van der Waals surface area contributed by atoms with Gasteiger partial charge in [0.25, 0.3) is 0 Å². The molecule has 0 bridgehead atoms. The van der Waals surface area contributed by atoms with Gasteiger partial charge < -0.3 is 56.3 Å². The standard InChI is InChI=1S/C68H102N8O17/c1-40(2)31-51(75(15)58(83)30-28-54(79)52(35-46-25-21-18-22-26-46)76(16)64(89)43(6)32-48(77)38-70-66(91)93-68(11,12)13)55(80)33-42(5)61(86)73-60(41(3)4)56(81)36-47(34-45-23-19-17-20-24-45)63(88)71-49(37-59(84)85)65(90)74(14)44(7)62(87)72-50(39-92-67(8,9)10)53(78)27-29-57(69)82/h17-26,40-44,47,49-52,60H,27-39H2,1-16H3,(H2,69,82)(H,70,91)(H,71,88)(H,72,87)(H,73,86)(H,84,85)/t42-,43-,44+,47-,49+,50+,51+,52+,60+/m1/s1. The Hall–Kier alpha value is -8.22. The third-order valence-electron chi connectivity index (χ3n) is 15.5. The summed E-state index contributed by atoms with van der Waals surface area (Å²) in [6.45, 7) is 20.9. The summed E-state index contributed by atoms with van der Waals surface area (Å²) in [5, 5.41) is 20.2. The molecule has 8 amide bonds. The van der Waals surface area contributed by atoms with Crippen LogP contribution in [0.2, 0.25) is 0 Å². The van der Waals surface area contributed by atoms with Crippen LogP contribution < -0.4 is 27.0 Å². The number of aliphatic carboxylic acids is 1. The van der Waals surface area contributed by atoms with Crippen LogP contribution in [0.1, 0.15) is 159 Å². The zero-order valence-electron chi connectivity index (χ0n) is 57.2. The van der Waals surface area contributed by atoms with Crippen molar-refractivity contribution in [2.24, 2.45) is 35.3 Å². The number of rotatable bonds is 40. The number of alkyl carbamates (subject to hydrolysis) is 1. The monoisotopic (exact) mass is 1300 g/mol. The van der Waals surface area contributed by atoms with Gasteiger partial charge in [0.1, 0.15) is 23.7 Å². The normalized spacial score (nSPS) is 14.5. The number of ether oxygens (including phenoxy) is 2. The number of nitrogens with two attached hydrogens (primary N) is 1. The maximum atomic E-state index is 14.5. The van der Waals surface area contributed by atoms with Crippen LogP contribution in [0.15, 0.2) is 60.7 Å². The van der Waals surface area contributed by atoms with Crippen molar-refractivity contribution in [3.8, 4) is 0 Å². The Balaban J connectivity index is 2.31. The van der Waals surface area contributed by atoms with Crippen LogP contribution in [0.3, 0.4) is 0 Å². The average molecular weight is 1300 g/mol. The molecule has 2 aromatic rings. The van der Waals surface area contributed by atoms with E-state index in [9.17, 15) is 72.2 Å². The Morgan fingerprint density at radius 3 is 1.60 bits per heavy atom. The number of primary amides is 1. The topological polar surface area (TPSA) is 362 Å². The molecule has 0 unspecified atom stereocenters. The number of hydrogen-bond donors (Lipinski definition) is 6. The number of hydrogen-bond acceptors (Lipinski definition) is 16. The molecule has 2 aromatic carbocycles. The maximum Gasteiger partial charge on any atom is 0.408 e. The molecular formula is C68H102N8O17. The maximum absolute atomic E-state index is 14.5. The molecule has 25 heteroatoms. The number of nitrogens with zero attached hydrogens (tertiary/aromatic N) is 3. The van der Waals surface area contributed by atoms with Gasteiger partial charge in [-0.25, -0.2) is 4.79 Å². The summed E-state index contributed by atoms with van der Waals surface area (Å²) in [5.41, 5.74) is 5.05. The van der Waals surface area contributed by atoms with E-state index in [1.807, 2.05) is 13.8 Å². The van der Waals surface area contributed by atoms with Gasteiger partial charge in [-0.3, -0.25) is 62.3 Å². The Morgan fingerprint density at radius 1 is 0.538 bits per heavy atom. The van der Waals surface area contributed by atoms with Gasteiger partial charge in [-0.05, 0) is 90.7 Å². The Labute approximate surface area is 547 Å². The molecule has 0 saturated carbocycles. The van der Waals surface area contributed by atoms with Crippen molar-refractivity contribution < 1.29 is 81.7 Å². The van der Waals surface area contributed by atoms with E-state index in [4.69, 9.17) is 15.2 Å². The second-order valence-electron chi connectivity index (χ2n) is 26.8. The van der Waals surface area contributed by atoms with Crippen molar-refractivity contribution >= 4 is 82.3 Å². The van der Waals surface area contributed by atoms with Gasteiger partial charge >= 0.3 is 12.1 Å². The number of Topliss-reactive ketones (excluding diaryl/α,β-unsaturated/α-hetero) is 5. The number of benzene rings is 2. The van der Waals surface area contributed by atoms with Gasteiger partial charge in [-0.15, -0.1) is 0 Å². The van der Waals surface area contributed by atoms with Gasteiger partial charge in [-0.2, -0.15) is 0 Å². The Morgan fingerprint density at radius 2 is 1.09 bits per heavy atom. The highest BCUT2D eigenvalue weighted by atomic mass is 16.6. The number of nitrogens with one attached hydrogen (secondary N) is 4. The third kappa shape index (κ3) is 29.5. The van der Waals surface area contributed by atoms with E-state index in [-0.39, 0.29) is 76.9 Å². The number of carbonyl (C=O) groups is 14. The molecule has 0 spiro atoms. The molecule has 0 saturated heterocycles. The molecule has 93 heavy (non-hydrogen) atoms. The summed E-state index contributed by atoms with van der Waals surface area (Å²) in [5.74, 6) is -13.1. The molecule has 0 aliphatic carbocycles.